The number of halogens is 3. The number of aromatic nitrogens is 2. The number of pyridine rings is 2. The minimum atomic E-state index is -4.41. The predicted molar refractivity (Wildman–Crippen MR) is 118 cm³/mol. The van der Waals surface area contributed by atoms with Crippen molar-refractivity contribution in [3.05, 3.63) is 59.5 Å². The van der Waals surface area contributed by atoms with E-state index < -0.39 is 11.7 Å². The Kier molecular flexibility index (Phi) is 5.90. The Balaban J connectivity index is 1.37. The summed E-state index contributed by atoms with van der Waals surface area (Å²) in [4.78, 5) is 23.0. The Labute approximate surface area is 183 Å². The van der Waals surface area contributed by atoms with Crippen LogP contribution in [-0.2, 0) is 6.18 Å². The molecule has 0 bridgehead atoms. The smallest absolute Gasteiger partial charge is 0.356 e. The topological polar surface area (TPSA) is 70.2 Å². The van der Waals surface area contributed by atoms with E-state index >= 15 is 0 Å². The van der Waals surface area contributed by atoms with Crippen LogP contribution in [0.15, 0.2) is 42.6 Å². The molecule has 0 spiro atoms. The van der Waals surface area contributed by atoms with E-state index in [9.17, 15) is 18.0 Å². The number of piperidine rings is 1. The molecule has 0 saturated carbocycles. The molecule has 0 radical (unpaired) electrons. The first kappa shape index (κ1) is 21.9. The summed E-state index contributed by atoms with van der Waals surface area (Å²) in [6.45, 7) is 4.50. The van der Waals surface area contributed by atoms with Crippen molar-refractivity contribution in [3.8, 4) is 0 Å². The molecule has 1 saturated heterocycles. The van der Waals surface area contributed by atoms with Gasteiger partial charge in [-0.25, -0.2) is 9.78 Å². The summed E-state index contributed by atoms with van der Waals surface area (Å²) in [5.74, 6) is 0.319. The molecule has 1 fully saturated rings. The van der Waals surface area contributed by atoms with Gasteiger partial charge in [0.05, 0.1) is 11.3 Å². The van der Waals surface area contributed by atoms with E-state index in [1.165, 1.54) is 0 Å². The number of nitrogens with one attached hydrogen (secondary N) is 2. The number of alkyl halides is 3. The van der Waals surface area contributed by atoms with Crippen molar-refractivity contribution >= 4 is 28.3 Å². The summed E-state index contributed by atoms with van der Waals surface area (Å²) in [6, 6.07) is 9.29. The van der Waals surface area contributed by atoms with E-state index in [0.29, 0.717) is 43.1 Å². The Morgan fingerprint density at radius 1 is 1.09 bits per heavy atom. The van der Waals surface area contributed by atoms with Crippen molar-refractivity contribution in [1.29, 1.82) is 0 Å². The number of hydrogen-bond donors (Lipinski definition) is 2. The third-order valence-corrected chi connectivity index (χ3v) is 5.67. The maximum Gasteiger partial charge on any atom is 0.416 e. The van der Waals surface area contributed by atoms with E-state index in [1.54, 1.807) is 13.1 Å². The zero-order valence-corrected chi connectivity index (χ0v) is 17.8. The largest absolute Gasteiger partial charge is 0.416 e. The van der Waals surface area contributed by atoms with Gasteiger partial charge in [-0.3, -0.25) is 4.98 Å². The maximum atomic E-state index is 13.1. The first-order chi connectivity index (χ1) is 15.2. The van der Waals surface area contributed by atoms with Gasteiger partial charge >= 0.3 is 12.2 Å². The Hall–Kier alpha value is -3.36. The molecule has 9 heteroatoms. The molecule has 0 atom stereocenters. The van der Waals surface area contributed by atoms with Crippen LogP contribution >= 0.6 is 0 Å². The Morgan fingerprint density at radius 3 is 2.56 bits per heavy atom. The summed E-state index contributed by atoms with van der Waals surface area (Å²) in [7, 11) is 0. The van der Waals surface area contributed by atoms with E-state index in [4.69, 9.17) is 0 Å². The van der Waals surface area contributed by atoms with Gasteiger partial charge in [0.2, 0.25) is 0 Å². The summed E-state index contributed by atoms with van der Waals surface area (Å²) in [5, 5.41) is 7.77. The number of urea groups is 1. The number of carbonyl (C=O) groups is 1. The van der Waals surface area contributed by atoms with Crippen LogP contribution in [0.25, 0.3) is 10.8 Å². The van der Waals surface area contributed by atoms with E-state index in [2.05, 4.69) is 20.6 Å². The third kappa shape index (κ3) is 4.76. The van der Waals surface area contributed by atoms with Crippen LogP contribution in [0.1, 0.15) is 29.8 Å². The van der Waals surface area contributed by atoms with Crippen molar-refractivity contribution in [2.24, 2.45) is 0 Å². The van der Waals surface area contributed by atoms with Gasteiger partial charge in [-0.2, -0.15) is 13.2 Å². The van der Waals surface area contributed by atoms with Gasteiger partial charge in [0.1, 0.15) is 5.82 Å². The molecule has 1 aliphatic rings. The second-order valence-corrected chi connectivity index (χ2v) is 8.01. The van der Waals surface area contributed by atoms with Crippen LogP contribution in [0, 0.1) is 13.8 Å². The van der Waals surface area contributed by atoms with Crippen molar-refractivity contribution in [1.82, 2.24) is 15.3 Å². The van der Waals surface area contributed by atoms with Crippen LogP contribution in [-0.4, -0.2) is 35.1 Å². The van der Waals surface area contributed by atoms with Crippen molar-refractivity contribution in [2.45, 2.75) is 38.9 Å². The number of anilines is 2. The average molecular weight is 443 g/mol. The number of aryl methyl sites for hydroxylation is 2. The van der Waals surface area contributed by atoms with Crippen molar-refractivity contribution in [3.63, 3.8) is 0 Å². The summed E-state index contributed by atoms with van der Waals surface area (Å²) >= 11 is 0. The van der Waals surface area contributed by atoms with Crippen LogP contribution in [0.5, 0.6) is 0 Å². The SMILES string of the molecule is Cc1cc(C(F)(F)F)cc(N2CCC(NC(=O)Nc3cccc4c(C)nccc34)CC2)n1. The van der Waals surface area contributed by atoms with Crippen LogP contribution < -0.4 is 15.5 Å². The fourth-order valence-electron chi connectivity index (χ4n) is 4.04. The lowest BCUT2D eigenvalue weighted by Crippen LogP contribution is -2.46. The molecule has 2 amide bonds. The third-order valence-electron chi connectivity index (χ3n) is 5.67. The first-order valence-corrected chi connectivity index (χ1v) is 10.4. The minimum Gasteiger partial charge on any atom is -0.356 e. The van der Waals surface area contributed by atoms with Gasteiger partial charge in [-0.15, -0.1) is 0 Å². The van der Waals surface area contributed by atoms with E-state index in [0.717, 1.165) is 28.6 Å². The molecule has 1 aromatic carbocycles. The molecule has 168 valence electrons. The maximum absolute atomic E-state index is 13.1. The highest BCUT2D eigenvalue weighted by Gasteiger charge is 2.32. The average Bonchev–Trinajstić information content (AvgIpc) is 2.74. The first-order valence-electron chi connectivity index (χ1n) is 10.4. The van der Waals surface area contributed by atoms with Gasteiger partial charge in [-0.1, -0.05) is 12.1 Å². The molecule has 2 N–H and O–H groups in total. The number of fused-ring (bicyclic) bond motifs is 1. The fraction of sp³-hybridized carbons (Fsp3) is 0.348. The lowest BCUT2D eigenvalue weighted by molar-refractivity contribution is -0.137. The molecule has 4 rings (SSSR count). The van der Waals surface area contributed by atoms with Crippen LogP contribution in [0.4, 0.5) is 29.5 Å². The Morgan fingerprint density at radius 2 is 1.84 bits per heavy atom. The van der Waals surface area contributed by atoms with Gasteiger partial charge in [0.15, 0.2) is 0 Å². The van der Waals surface area contributed by atoms with Crippen molar-refractivity contribution < 1.29 is 18.0 Å². The monoisotopic (exact) mass is 443 g/mol. The second kappa shape index (κ2) is 8.64. The Bertz CT molecular complexity index is 1140. The number of carbonyl (C=O) groups excluding carboxylic acids is 1. The molecular weight excluding hydrogens is 419 g/mol. The highest BCUT2D eigenvalue weighted by molar-refractivity contribution is 6.02. The number of benzene rings is 1. The standard InChI is InChI=1S/C23H24F3N5O/c1-14-12-16(23(24,25)26)13-21(28-14)31-10-7-17(8-11-31)29-22(32)30-20-5-3-4-18-15(2)27-9-6-19(18)20/h3-6,9,12-13,17H,7-8,10-11H2,1-2H3,(H2,29,30,32). The number of hydrogen-bond acceptors (Lipinski definition) is 4. The number of nitrogens with zero attached hydrogens (tertiary/aromatic N) is 3. The lowest BCUT2D eigenvalue weighted by atomic mass is 10.0. The predicted octanol–water partition coefficient (Wildman–Crippen LogP) is 5.06. The van der Waals surface area contributed by atoms with Gasteiger partial charge in [0, 0.05) is 47.5 Å². The normalized spacial score (nSPS) is 15.1. The molecule has 6 nitrogen and oxygen atoms in total. The number of amides is 2. The van der Waals surface area contributed by atoms with E-state index in [1.807, 2.05) is 36.1 Å². The van der Waals surface area contributed by atoms with Crippen LogP contribution in [0.2, 0.25) is 0 Å². The molecular formula is C23H24F3N5O. The molecule has 2 aromatic heterocycles. The highest BCUT2D eigenvalue weighted by Crippen LogP contribution is 2.32. The van der Waals surface area contributed by atoms with Gasteiger partial charge < -0.3 is 15.5 Å². The molecule has 32 heavy (non-hydrogen) atoms. The molecule has 3 heterocycles. The van der Waals surface area contributed by atoms with Gasteiger partial charge in [0.25, 0.3) is 0 Å². The lowest BCUT2D eigenvalue weighted by Gasteiger charge is -2.33. The summed E-state index contributed by atoms with van der Waals surface area (Å²) < 4.78 is 39.3. The van der Waals surface area contributed by atoms with Gasteiger partial charge in [-0.05, 0) is 51.0 Å². The van der Waals surface area contributed by atoms with Crippen molar-refractivity contribution in [2.75, 3.05) is 23.3 Å². The van der Waals surface area contributed by atoms with E-state index in [-0.39, 0.29) is 12.1 Å². The molecule has 0 aliphatic carbocycles. The molecule has 1 aliphatic heterocycles. The highest BCUT2D eigenvalue weighted by atomic mass is 19.4. The van der Waals surface area contributed by atoms with Crippen LogP contribution in [0.3, 0.4) is 0 Å². The minimum absolute atomic E-state index is 0.0727. The summed E-state index contributed by atoms with van der Waals surface area (Å²) in [6.07, 6.45) is -1.47. The zero-order chi connectivity index (χ0) is 22.9. The zero-order valence-electron chi connectivity index (χ0n) is 17.8. The summed E-state index contributed by atoms with van der Waals surface area (Å²) in [5.41, 5.74) is 1.22. The molecule has 3 aromatic rings. The second-order valence-electron chi connectivity index (χ2n) is 8.01. The quantitative estimate of drug-likeness (QED) is 0.594. The number of rotatable bonds is 3. The molecule has 0 unspecified atom stereocenters. The fourth-order valence-corrected chi connectivity index (χ4v) is 4.04.